The molecule has 2 N–H and O–H groups in total. The maximum atomic E-state index is 12.4. The third-order valence-corrected chi connectivity index (χ3v) is 4.24. The van der Waals surface area contributed by atoms with Gasteiger partial charge >= 0.3 is 5.97 Å². The molecule has 1 atom stereocenters. The Morgan fingerprint density at radius 3 is 3.00 bits per heavy atom. The fraction of sp³-hybridized carbons (Fsp3) is 0.231. The predicted molar refractivity (Wildman–Crippen MR) is 73.2 cm³/mol. The number of aromatic amines is 1. The van der Waals surface area contributed by atoms with Crippen LogP contribution in [0, 0.1) is 0 Å². The van der Waals surface area contributed by atoms with E-state index in [1.165, 1.54) is 16.7 Å². The minimum Gasteiger partial charge on any atom is -0.480 e. The molecule has 0 radical (unpaired) electrons. The molecule has 6 heteroatoms. The molecule has 1 fully saturated rings. The summed E-state index contributed by atoms with van der Waals surface area (Å²) in [5.74, 6) is -0.294. The molecule has 1 aromatic heterocycles. The van der Waals surface area contributed by atoms with Gasteiger partial charge in [0.05, 0.1) is 5.88 Å². The summed E-state index contributed by atoms with van der Waals surface area (Å²) in [4.78, 5) is 27.9. The van der Waals surface area contributed by atoms with Gasteiger partial charge in [0.25, 0.3) is 5.91 Å². The summed E-state index contributed by atoms with van der Waals surface area (Å²) < 4.78 is 0. The number of fused-ring (bicyclic) bond motifs is 1. The second kappa shape index (κ2) is 4.62. The molecule has 1 amide bonds. The van der Waals surface area contributed by atoms with Gasteiger partial charge in [-0.1, -0.05) is 6.07 Å². The van der Waals surface area contributed by atoms with Crippen LogP contribution in [-0.2, 0) is 4.79 Å². The van der Waals surface area contributed by atoms with Crippen molar-refractivity contribution in [1.82, 2.24) is 9.88 Å². The molecule has 2 heterocycles. The molecule has 1 aliphatic heterocycles. The van der Waals surface area contributed by atoms with E-state index < -0.39 is 12.0 Å². The number of aromatic nitrogens is 1. The van der Waals surface area contributed by atoms with Gasteiger partial charge in [0.2, 0.25) is 0 Å². The van der Waals surface area contributed by atoms with Crippen molar-refractivity contribution in [3.05, 3.63) is 36.0 Å². The SMILES string of the molecule is O=C(O)[C@@H]1CSCN1C(=O)c1ccc2cc[nH]c2c1. The Bertz CT molecular complexity index is 652. The Morgan fingerprint density at radius 1 is 1.37 bits per heavy atom. The van der Waals surface area contributed by atoms with Crippen LogP contribution in [0.1, 0.15) is 10.4 Å². The Kier molecular flexibility index (Phi) is 2.94. The molecule has 19 heavy (non-hydrogen) atoms. The standard InChI is InChI=1S/C13H12N2O3S/c16-12(15-7-19-6-11(15)13(17)18)9-2-1-8-3-4-14-10(8)5-9/h1-5,11,14H,6-7H2,(H,17,18)/t11-/m0/s1. The topological polar surface area (TPSA) is 73.4 Å². The van der Waals surface area contributed by atoms with E-state index in [1.807, 2.05) is 18.3 Å². The van der Waals surface area contributed by atoms with Crippen molar-refractivity contribution in [3.8, 4) is 0 Å². The summed E-state index contributed by atoms with van der Waals surface area (Å²) in [5.41, 5.74) is 1.40. The van der Waals surface area contributed by atoms with Crippen molar-refractivity contribution in [2.45, 2.75) is 6.04 Å². The highest BCUT2D eigenvalue weighted by Gasteiger charge is 2.34. The first-order valence-corrected chi connectivity index (χ1v) is 7.01. The van der Waals surface area contributed by atoms with Crippen LogP contribution in [0.2, 0.25) is 0 Å². The van der Waals surface area contributed by atoms with Gasteiger partial charge in [-0.25, -0.2) is 4.79 Å². The minimum atomic E-state index is -0.945. The molecule has 5 nitrogen and oxygen atoms in total. The summed E-state index contributed by atoms with van der Waals surface area (Å²) in [5, 5.41) is 10.1. The van der Waals surface area contributed by atoms with Crippen LogP contribution in [-0.4, -0.2) is 44.5 Å². The molecule has 1 aliphatic rings. The number of hydrogen-bond donors (Lipinski definition) is 2. The van der Waals surface area contributed by atoms with Gasteiger partial charge in [-0.15, -0.1) is 11.8 Å². The Labute approximate surface area is 113 Å². The van der Waals surface area contributed by atoms with E-state index in [-0.39, 0.29) is 5.91 Å². The van der Waals surface area contributed by atoms with Crippen molar-refractivity contribution in [2.24, 2.45) is 0 Å². The summed E-state index contributed by atoms with van der Waals surface area (Å²) in [6.45, 7) is 0. The molecule has 0 bridgehead atoms. The third-order valence-electron chi connectivity index (χ3n) is 3.23. The number of benzene rings is 1. The van der Waals surface area contributed by atoms with Gasteiger partial charge < -0.3 is 15.0 Å². The van der Waals surface area contributed by atoms with Gasteiger partial charge in [0, 0.05) is 23.0 Å². The van der Waals surface area contributed by atoms with E-state index in [4.69, 9.17) is 5.11 Å². The third kappa shape index (κ3) is 2.08. The number of carbonyl (C=O) groups excluding carboxylic acids is 1. The van der Waals surface area contributed by atoms with Gasteiger partial charge in [0.1, 0.15) is 6.04 Å². The Balaban J connectivity index is 1.92. The monoisotopic (exact) mass is 276 g/mol. The maximum Gasteiger partial charge on any atom is 0.327 e. The fourth-order valence-corrected chi connectivity index (χ4v) is 3.34. The van der Waals surface area contributed by atoms with E-state index in [0.29, 0.717) is 17.2 Å². The van der Waals surface area contributed by atoms with E-state index in [1.54, 1.807) is 12.1 Å². The molecule has 2 aromatic rings. The first kappa shape index (κ1) is 12.1. The van der Waals surface area contributed by atoms with Gasteiger partial charge in [-0.3, -0.25) is 4.79 Å². The van der Waals surface area contributed by atoms with Crippen LogP contribution >= 0.6 is 11.8 Å². The van der Waals surface area contributed by atoms with Crippen LogP contribution in [0.3, 0.4) is 0 Å². The number of thioether (sulfide) groups is 1. The van der Waals surface area contributed by atoms with Crippen LogP contribution in [0.25, 0.3) is 10.9 Å². The average molecular weight is 276 g/mol. The highest BCUT2D eigenvalue weighted by molar-refractivity contribution is 7.99. The van der Waals surface area contributed by atoms with E-state index in [0.717, 1.165) is 10.9 Å². The Morgan fingerprint density at radius 2 is 2.21 bits per heavy atom. The first-order chi connectivity index (χ1) is 9.16. The second-order valence-electron chi connectivity index (χ2n) is 4.41. The van der Waals surface area contributed by atoms with Crippen LogP contribution in [0.5, 0.6) is 0 Å². The number of H-pyrrole nitrogens is 1. The summed E-state index contributed by atoms with van der Waals surface area (Å²) >= 11 is 1.46. The molecule has 0 unspecified atom stereocenters. The number of carbonyl (C=O) groups is 2. The molecule has 0 saturated carbocycles. The lowest BCUT2D eigenvalue weighted by atomic mass is 10.1. The Hall–Kier alpha value is -1.95. The largest absolute Gasteiger partial charge is 0.480 e. The van der Waals surface area contributed by atoms with Crippen molar-refractivity contribution in [3.63, 3.8) is 0 Å². The number of carboxylic acid groups (broad SMARTS) is 1. The molecule has 1 saturated heterocycles. The number of carboxylic acids is 1. The molecule has 0 spiro atoms. The van der Waals surface area contributed by atoms with Gasteiger partial charge in [-0.2, -0.15) is 0 Å². The zero-order chi connectivity index (χ0) is 13.4. The lowest BCUT2D eigenvalue weighted by molar-refractivity contribution is -0.140. The van der Waals surface area contributed by atoms with Crippen molar-refractivity contribution < 1.29 is 14.7 Å². The lowest BCUT2D eigenvalue weighted by Crippen LogP contribution is -2.41. The van der Waals surface area contributed by atoms with Crippen LogP contribution in [0.15, 0.2) is 30.5 Å². The second-order valence-corrected chi connectivity index (χ2v) is 5.41. The molecule has 1 aromatic carbocycles. The molecule has 3 rings (SSSR count). The van der Waals surface area contributed by atoms with Gasteiger partial charge in [0.15, 0.2) is 0 Å². The highest BCUT2D eigenvalue weighted by Crippen LogP contribution is 2.24. The molecular formula is C13H12N2O3S. The zero-order valence-corrected chi connectivity index (χ0v) is 10.8. The predicted octanol–water partition coefficient (Wildman–Crippen LogP) is 1.77. The summed E-state index contributed by atoms with van der Waals surface area (Å²) in [6.07, 6.45) is 1.81. The van der Waals surface area contributed by atoms with Gasteiger partial charge in [-0.05, 0) is 23.6 Å². The van der Waals surface area contributed by atoms with Crippen LogP contribution < -0.4 is 0 Å². The number of rotatable bonds is 2. The molecule has 98 valence electrons. The zero-order valence-electron chi connectivity index (χ0n) is 10.00. The minimum absolute atomic E-state index is 0.228. The van der Waals surface area contributed by atoms with E-state index >= 15 is 0 Å². The van der Waals surface area contributed by atoms with Crippen molar-refractivity contribution >= 4 is 34.5 Å². The number of aliphatic carboxylic acids is 1. The lowest BCUT2D eigenvalue weighted by Gasteiger charge is -2.20. The van der Waals surface area contributed by atoms with E-state index in [2.05, 4.69) is 4.98 Å². The highest BCUT2D eigenvalue weighted by atomic mass is 32.2. The first-order valence-electron chi connectivity index (χ1n) is 5.85. The molecular weight excluding hydrogens is 264 g/mol. The maximum absolute atomic E-state index is 12.4. The van der Waals surface area contributed by atoms with Crippen molar-refractivity contribution in [2.75, 3.05) is 11.6 Å². The van der Waals surface area contributed by atoms with Crippen molar-refractivity contribution in [1.29, 1.82) is 0 Å². The normalized spacial score (nSPS) is 18.9. The fourth-order valence-electron chi connectivity index (χ4n) is 2.19. The summed E-state index contributed by atoms with van der Waals surface area (Å²) in [7, 11) is 0. The smallest absolute Gasteiger partial charge is 0.327 e. The average Bonchev–Trinajstić information content (AvgIpc) is 3.05. The number of amides is 1. The number of hydrogen-bond acceptors (Lipinski definition) is 3. The summed E-state index contributed by atoms with van der Waals surface area (Å²) in [6, 6.07) is 6.56. The van der Waals surface area contributed by atoms with Crippen LogP contribution in [0.4, 0.5) is 0 Å². The number of nitrogens with one attached hydrogen (secondary N) is 1. The quantitative estimate of drug-likeness (QED) is 0.876. The molecule has 0 aliphatic carbocycles. The van der Waals surface area contributed by atoms with E-state index in [9.17, 15) is 9.59 Å². The number of nitrogens with zero attached hydrogens (tertiary/aromatic N) is 1.